The smallest absolute Gasteiger partial charge is 0.239 e. The average molecular weight is 323 g/mol. The molecule has 0 aliphatic carbocycles. The minimum atomic E-state index is -0.0352. The molecule has 0 spiro atoms. The van der Waals surface area contributed by atoms with Crippen molar-refractivity contribution in [3.8, 4) is 11.3 Å². The van der Waals surface area contributed by atoms with Crippen LogP contribution >= 0.6 is 0 Å². The van der Waals surface area contributed by atoms with Crippen molar-refractivity contribution in [3.63, 3.8) is 0 Å². The summed E-state index contributed by atoms with van der Waals surface area (Å²) < 4.78 is 1.73. The lowest BCUT2D eigenvalue weighted by Crippen LogP contribution is -2.30. The number of aryl methyl sites for hydroxylation is 1. The average Bonchev–Trinajstić information content (AvgIpc) is 2.98. The van der Waals surface area contributed by atoms with E-state index in [1.165, 1.54) is 0 Å². The van der Waals surface area contributed by atoms with Crippen molar-refractivity contribution >= 4 is 17.4 Å². The molecular weight excluding hydrogens is 302 g/mol. The lowest BCUT2D eigenvalue weighted by atomic mass is 10.1. The summed E-state index contributed by atoms with van der Waals surface area (Å²) in [5.74, 6) is 0.713. The molecule has 124 valence electrons. The van der Waals surface area contributed by atoms with E-state index in [1.807, 2.05) is 56.3 Å². The largest absolute Gasteiger partial charge is 0.361 e. The zero-order valence-corrected chi connectivity index (χ0v) is 13.9. The van der Waals surface area contributed by atoms with Gasteiger partial charge < -0.3 is 10.6 Å². The second-order valence-electron chi connectivity index (χ2n) is 5.65. The first-order chi connectivity index (χ1) is 11.7. The SMILES string of the molecule is CCCNC(=O)CNc1cc(-c2ccccc2)nc2cc(C)nn12. The monoisotopic (exact) mass is 323 g/mol. The van der Waals surface area contributed by atoms with Gasteiger partial charge in [0.05, 0.1) is 17.9 Å². The molecule has 24 heavy (non-hydrogen) atoms. The minimum absolute atomic E-state index is 0.0352. The van der Waals surface area contributed by atoms with Crippen molar-refractivity contribution in [2.75, 3.05) is 18.4 Å². The van der Waals surface area contributed by atoms with Crippen molar-refractivity contribution in [3.05, 3.63) is 48.2 Å². The highest BCUT2D eigenvalue weighted by Gasteiger charge is 2.10. The van der Waals surface area contributed by atoms with Gasteiger partial charge in [-0.1, -0.05) is 37.3 Å². The Balaban J connectivity index is 1.91. The van der Waals surface area contributed by atoms with Crippen LogP contribution in [0.3, 0.4) is 0 Å². The molecule has 0 saturated heterocycles. The molecule has 3 rings (SSSR count). The molecule has 0 radical (unpaired) electrons. The molecule has 2 N–H and O–H groups in total. The number of carbonyl (C=O) groups is 1. The van der Waals surface area contributed by atoms with Crippen molar-refractivity contribution in [1.82, 2.24) is 19.9 Å². The molecule has 6 heteroatoms. The summed E-state index contributed by atoms with van der Waals surface area (Å²) in [6.07, 6.45) is 0.918. The van der Waals surface area contributed by atoms with Crippen LogP contribution in [0, 0.1) is 6.92 Å². The normalized spacial score (nSPS) is 10.8. The molecule has 1 amide bonds. The van der Waals surface area contributed by atoms with E-state index in [-0.39, 0.29) is 12.5 Å². The van der Waals surface area contributed by atoms with Gasteiger partial charge in [0.15, 0.2) is 5.65 Å². The number of benzene rings is 1. The molecular formula is C18H21N5O. The molecule has 3 aromatic rings. The Bertz CT molecular complexity index is 841. The number of aromatic nitrogens is 3. The second-order valence-corrected chi connectivity index (χ2v) is 5.65. The highest BCUT2D eigenvalue weighted by Crippen LogP contribution is 2.22. The van der Waals surface area contributed by atoms with Crippen molar-refractivity contribution < 1.29 is 4.79 Å². The van der Waals surface area contributed by atoms with Crippen LogP contribution in [-0.4, -0.2) is 33.6 Å². The number of amides is 1. The fraction of sp³-hybridized carbons (Fsp3) is 0.278. The Morgan fingerprint density at radius 3 is 2.75 bits per heavy atom. The number of fused-ring (bicyclic) bond motifs is 1. The lowest BCUT2D eigenvalue weighted by molar-refractivity contribution is -0.119. The molecule has 0 atom stereocenters. The van der Waals surface area contributed by atoms with Crippen LogP contribution in [0.5, 0.6) is 0 Å². The Kier molecular flexibility index (Phi) is 4.74. The van der Waals surface area contributed by atoms with Gasteiger partial charge in [-0.15, -0.1) is 0 Å². The van der Waals surface area contributed by atoms with E-state index < -0.39 is 0 Å². The first-order valence-electron chi connectivity index (χ1n) is 8.11. The van der Waals surface area contributed by atoms with E-state index in [0.29, 0.717) is 6.54 Å². The summed E-state index contributed by atoms with van der Waals surface area (Å²) in [4.78, 5) is 16.5. The van der Waals surface area contributed by atoms with Crippen LogP contribution in [0.15, 0.2) is 42.5 Å². The summed E-state index contributed by atoms with van der Waals surface area (Å²) in [5, 5.41) is 10.5. The Morgan fingerprint density at radius 1 is 1.21 bits per heavy atom. The van der Waals surface area contributed by atoms with E-state index in [9.17, 15) is 4.79 Å². The van der Waals surface area contributed by atoms with Gasteiger partial charge in [0.25, 0.3) is 0 Å². The van der Waals surface area contributed by atoms with E-state index in [1.54, 1.807) is 4.52 Å². The fourth-order valence-electron chi connectivity index (χ4n) is 2.47. The third-order valence-electron chi connectivity index (χ3n) is 3.62. The van der Waals surface area contributed by atoms with Gasteiger partial charge in [-0.2, -0.15) is 9.61 Å². The highest BCUT2D eigenvalue weighted by atomic mass is 16.1. The van der Waals surface area contributed by atoms with Crippen molar-refractivity contribution in [2.45, 2.75) is 20.3 Å². The van der Waals surface area contributed by atoms with Gasteiger partial charge in [-0.25, -0.2) is 4.98 Å². The minimum Gasteiger partial charge on any atom is -0.361 e. The third-order valence-corrected chi connectivity index (χ3v) is 3.62. The second kappa shape index (κ2) is 7.12. The molecule has 0 saturated carbocycles. The van der Waals surface area contributed by atoms with Crippen LogP contribution in [0.2, 0.25) is 0 Å². The molecule has 0 unspecified atom stereocenters. The standard InChI is InChI=1S/C18H21N5O/c1-3-9-19-18(24)12-20-16-11-15(14-7-5-4-6-8-14)21-17-10-13(2)22-23(16)17/h4-8,10-11,20H,3,9,12H2,1-2H3,(H,19,24). The van der Waals surface area contributed by atoms with Crippen LogP contribution in [0.1, 0.15) is 19.0 Å². The topological polar surface area (TPSA) is 71.3 Å². The van der Waals surface area contributed by atoms with Gasteiger partial charge in [-0.05, 0) is 13.3 Å². The first-order valence-corrected chi connectivity index (χ1v) is 8.11. The van der Waals surface area contributed by atoms with Crippen molar-refractivity contribution in [2.24, 2.45) is 0 Å². The first kappa shape index (κ1) is 16.0. The number of rotatable bonds is 6. The number of hydrogen-bond donors (Lipinski definition) is 2. The molecule has 0 aliphatic heterocycles. The Labute approximate surface area is 140 Å². The fourth-order valence-corrected chi connectivity index (χ4v) is 2.47. The quantitative estimate of drug-likeness (QED) is 0.731. The molecule has 0 fully saturated rings. The summed E-state index contributed by atoms with van der Waals surface area (Å²) in [7, 11) is 0. The summed E-state index contributed by atoms with van der Waals surface area (Å²) in [6, 6.07) is 13.8. The number of anilines is 1. The van der Waals surface area contributed by atoms with Crippen LogP contribution in [0.25, 0.3) is 16.9 Å². The van der Waals surface area contributed by atoms with Gasteiger partial charge >= 0.3 is 0 Å². The van der Waals surface area contributed by atoms with Gasteiger partial charge in [0.1, 0.15) is 5.82 Å². The van der Waals surface area contributed by atoms with Gasteiger partial charge in [0.2, 0.25) is 5.91 Å². The van der Waals surface area contributed by atoms with E-state index >= 15 is 0 Å². The summed E-state index contributed by atoms with van der Waals surface area (Å²) in [6.45, 7) is 4.84. The van der Waals surface area contributed by atoms with Gasteiger partial charge in [-0.3, -0.25) is 4.79 Å². The van der Waals surface area contributed by atoms with Crippen molar-refractivity contribution in [1.29, 1.82) is 0 Å². The maximum absolute atomic E-state index is 11.9. The lowest BCUT2D eigenvalue weighted by Gasteiger charge is -2.11. The highest BCUT2D eigenvalue weighted by molar-refractivity contribution is 5.80. The molecule has 6 nitrogen and oxygen atoms in total. The van der Waals surface area contributed by atoms with E-state index in [2.05, 4.69) is 20.7 Å². The Morgan fingerprint density at radius 2 is 2.00 bits per heavy atom. The predicted molar refractivity (Wildman–Crippen MR) is 95.0 cm³/mol. The van der Waals surface area contributed by atoms with Gasteiger partial charge in [0, 0.05) is 24.2 Å². The summed E-state index contributed by atoms with van der Waals surface area (Å²) in [5.41, 5.74) is 3.51. The van der Waals surface area contributed by atoms with E-state index in [0.717, 1.165) is 34.8 Å². The van der Waals surface area contributed by atoms with Crippen LogP contribution in [0.4, 0.5) is 5.82 Å². The maximum Gasteiger partial charge on any atom is 0.239 e. The predicted octanol–water partition coefficient (Wildman–Crippen LogP) is 2.64. The molecule has 2 aromatic heterocycles. The molecule has 0 bridgehead atoms. The summed E-state index contributed by atoms with van der Waals surface area (Å²) >= 11 is 0. The zero-order valence-electron chi connectivity index (χ0n) is 13.9. The van der Waals surface area contributed by atoms with Crippen LogP contribution in [-0.2, 0) is 4.79 Å². The number of nitrogens with one attached hydrogen (secondary N) is 2. The molecule has 2 heterocycles. The Hall–Kier alpha value is -2.89. The third kappa shape index (κ3) is 3.53. The van der Waals surface area contributed by atoms with Crippen LogP contribution < -0.4 is 10.6 Å². The zero-order chi connectivity index (χ0) is 16.9. The maximum atomic E-state index is 11.9. The molecule has 0 aliphatic rings. The molecule has 1 aromatic carbocycles. The number of nitrogens with zero attached hydrogens (tertiary/aromatic N) is 3. The number of hydrogen-bond acceptors (Lipinski definition) is 4. The number of carbonyl (C=O) groups excluding carboxylic acids is 1. The van der Waals surface area contributed by atoms with E-state index in [4.69, 9.17) is 0 Å².